The summed E-state index contributed by atoms with van der Waals surface area (Å²) in [6.07, 6.45) is 1.61. The molecule has 1 aromatic rings. The predicted octanol–water partition coefficient (Wildman–Crippen LogP) is 0.998. The summed E-state index contributed by atoms with van der Waals surface area (Å²) in [5, 5.41) is 2.79. The highest BCUT2D eigenvalue weighted by atomic mass is 16.5. The molecule has 24 heavy (non-hydrogen) atoms. The lowest BCUT2D eigenvalue weighted by molar-refractivity contribution is -0.126. The first-order chi connectivity index (χ1) is 11.4. The molecule has 7 heteroatoms. The van der Waals surface area contributed by atoms with Crippen LogP contribution in [-0.2, 0) is 14.3 Å². The van der Waals surface area contributed by atoms with Crippen LogP contribution in [0.2, 0.25) is 0 Å². The van der Waals surface area contributed by atoms with Crippen molar-refractivity contribution in [2.45, 2.75) is 25.8 Å². The van der Waals surface area contributed by atoms with Crippen LogP contribution in [0.1, 0.15) is 30.1 Å². The Kier molecular flexibility index (Phi) is 5.92. The molecule has 7 nitrogen and oxygen atoms in total. The van der Waals surface area contributed by atoms with Gasteiger partial charge in [0, 0.05) is 18.3 Å². The zero-order valence-electron chi connectivity index (χ0n) is 14.0. The number of nitrogens with two attached hydrogens (primary N) is 1. The Labute approximate surface area is 141 Å². The van der Waals surface area contributed by atoms with Gasteiger partial charge in [0.15, 0.2) is 0 Å². The van der Waals surface area contributed by atoms with Crippen molar-refractivity contribution in [3.8, 4) is 0 Å². The summed E-state index contributed by atoms with van der Waals surface area (Å²) >= 11 is 0. The molecule has 2 atom stereocenters. The fourth-order valence-corrected chi connectivity index (χ4v) is 2.82. The smallest absolute Gasteiger partial charge is 0.337 e. The molecule has 2 rings (SSSR count). The summed E-state index contributed by atoms with van der Waals surface area (Å²) in [5.74, 6) is -1.11. The number of nitrogens with one attached hydrogen (secondary N) is 1. The third-order valence-electron chi connectivity index (χ3n) is 4.35. The maximum atomic E-state index is 12.2. The van der Waals surface area contributed by atoms with Crippen LogP contribution in [0.4, 0.5) is 5.69 Å². The largest absolute Gasteiger partial charge is 0.465 e. The molecule has 3 N–H and O–H groups in total. The van der Waals surface area contributed by atoms with E-state index in [1.54, 1.807) is 24.3 Å². The molecule has 1 heterocycles. The first kappa shape index (κ1) is 17.9. The summed E-state index contributed by atoms with van der Waals surface area (Å²) in [6.45, 7) is 2.74. The zero-order valence-corrected chi connectivity index (χ0v) is 14.0. The summed E-state index contributed by atoms with van der Waals surface area (Å²) in [5.41, 5.74) is 6.40. The van der Waals surface area contributed by atoms with E-state index in [1.165, 1.54) is 7.11 Å². The number of anilines is 1. The van der Waals surface area contributed by atoms with Gasteiger partial charge in [0.1, 0.15) is 0 Å². The molecule has 0 aliphatic carbocycles. The zero-order chi connectivity index (χ0) is 17.7. The second kappa shape index (κ2) is 7.92. The Morgan fingerprint density at radius 3 is 2.50 bits per heavy atom. The number of hydrogen-bond donors (Lipinski definition) is 2. The third-order valence-corrected chi connectivity index (χ3v) is 4.35. The van der Waals surface area contributed by atoms with E-state index in [2.05, 4.69) is 10.1 Å². The van der Waals surface area contributed by atoms with Crippen molar-refractivity contribution in [1.29, 1.82) is 0 Å². The number of likely N-dealkylation sites (tertiary alicyclic amines) is 1. The summed E-state index contributed by atoms with van der Waals surface area (Å²) in [4.78, 5) is 36.9. The highest BCUT2D eigenvalue weighted by Gasteiger charge is 2.29. The number of benzene rings is 1. The van der Waals surface area contributed by atoms with Gasteiger partial charge in [-0.25, -0.2) is 4.79 Å². The van der Waals surface area contributed by atoms with Crippen LogP contribution >= 0.6 is 0 Å². The van der Waals surface area contributed by atoms with E-state index in [9.17, 15) is 14.4 Å². The van der Waals surface area contributed by atoms with Gasteiger partial charge in [-0.2, -0.15) is 0 Å². The standard InChI is InChI=1S/C17H23N3O4/c1-11-3-4-13(16(18)22)9-20(11)10-15(21)19-14-7-5-12(6-8-14)17(23)24-2/h5-8,11,13H,3-4,9-10H2,1-2H3,(H2,18,22)(H,19,21)/t11-,13+/m1/s1. The van der Waals surface area contributed by atoms with Crippen LogP contribution in [0.25, 0.3) is 0 Å². The van der Waals surface area contributed by atoms with Gasteiger partial charge >= 0.3 is 5.97 Å². The molecule has 0 spiro atoms. The normalized spacial score (nSPS) is 21.1. The highest BCUT2D eigenvalue weighted by molar-refractivity contribution is 5.94. The molecular formula is C17H23N3O4. The van der Waals surface area contributed by atoms with E-state index in [0.29, 0.717) is 17.8 Å². The van der Waals surface area contributed by atoms with Gasteiger partial charge in [-0.1, -0.05) is 0 Å². The molecular weight excluding hydrogens is 310 g/mol. The van der Waals surface area contributed by atoms with E-state index >= 15 is 0 Å². The second-order valence-electron chi connectivity index (χ2n) is 6.07. The Morgan fingerprint density at radius 1 is 1.25 bits per heavy atom. The number of primary amides is 1. The third kappa shape index (κ3) is 4.55. The molecule has 0 bridgehead atoms. The fraction of sp³-hybridized carbons (Fsp3) is 0.471. The number of methoxy groups -OCH3 is 1. The monoisotopic (exact) mass is 333 g/mol. The van der Waals surface area contributed by atoms with Gasteiger partial charge in [-0.15, -0.1) is 0 Å². The molecule has 1 aliphatic heterocycles. The lowest BCUT2D eigenvalue weighted by Crippen LogP contribution is -2.48. The number of hydrogen-bond acceptors (Lipinski definition) is 5. The lowest BCUT2D eigenvalue weighted by Gasteiger charge is -2.36. The second-order valence-corrected chi connectivity index (χ2v) is 6.07. The van der Waals surface area contributed by atoms with Gasteiger partial charge < -0.3 is 15.8 Å². The number of ether oxygens (including phenoxy) is 1. The molecule has 2 amide bonds. The minimum Gasteiger partial charge on any atom is -0.465 e. The van der Waals surface area contributed by atoms with Gasteiger partial charge in [-0.05, 0) is 44.0 Å². The Morgan fingerprint density at radius 2 is 1.92 bits per heavy atom. The molecule has 0 unspecified atom stereocenters. The Hall–Kier alpha value is -2.41. The van der Waals surface area contributed by atoms with Crippen LogP contribution in [0.3, 0.4) is 0 Å². The van der Waals surface area contributed by atoms with Crippen LogP contribution in [0.15, 0.2) is 24.3 Å². The first-order valence-electron chi connectivity index (χ1n) is 7.92. The topological polar surface area (TPSA) is 102 Å². The Bertz CT molecular complexity index is 615. The van der Waals surface area contributed by atoms with Gasteiger partial charge in [0.05, 0.1) is 25.1 Å². The van der Waals surface area contributed by atoms with E-state index in [1.807, 2.05) is 11.8 Å². The number of amides is 2. The molecule has 1 aliphatic rings. The average Bonchev–Trinajstić information content (AvgIpc) is 2.56. The van der Waals surface area contributed by atoms with Gasteiger partial charge in [-0.3, -0.25) is 14.5 Å². The number of esters is 1. The van der Waals surface area contributed by atoms with Crippen molar-refractivity contribution < 1.29 is 19.1 Å². The van der Waals surface area contributed by atoms with E-state index < -0.39 is 5.97 Å². The number of nitrogens with zero attached hydrogens (tertiary/aromatic N) is 1. The van der Waals surface area contributed by atoms with Crippen molar-refractivity contribution in [1.82, 2.24) is 4.90 Å². The number of piperidine rings is 1. The van der Waals surface area contributed by atoms with E-state index in [-0.39, 0.29) is 30.3 Å². The summed E-state index contributed by atoms with van der Waals surface area (Å²) < 4.78 is 4.63. The molecule has 0 aromatic heterocycles. The van der Waals surface area contributed by atoms with E-state index in [4.69, 9.17) is 5.73 Å². The van der Waals surface area contributed by atoms with Gasteiger partial charge in [0.2, 0.25) is 11.8 Å². The average molecular weight is 333 g/mol. The molecule has 0 radical (unpaired) electrons. The first-order valence-corrected chi connectivity index (χ1v) is 7.92. The minimum atomic E-state index is -0.424. The highest BCUT2D eigenvalue weighted by Crippen LogP contribution is 2.21. The van der Waals surface area contributed by atoms with Gasteiger partial charge in [0.25, 0.3) is 0 Å². The number of carbonyl (C=O) groups excluding carboxylic acids is 3. The van der Waals surface area contributed by atoms with Crippen LogP contribution < -0.4 is 11.1 Å². The van der Waals surface area contributed by atoms with Crippen LogP contribution in [0, 0.1) is 5.92 Å². The van der Waals surface area contributed by atoms with Crippen molar-refractivity contribution in [3.63, 3.8) is 0 Å². The maximum absolute atomic E-state index is 12.2. The molecule has 1 fully saturated rings. The Balaban J connectivity index is 1.92. The quantitative estimate of drug-likeness (QED) is 0.783. The van der Waals surface area contributed by atoms with Crippen molar-refractivity contribution in [2.75, 3.05) is 25.5 Å². The minimum absolute atomic E-state index is 0.169. The molecule has 1 aromatic carbocycles. The predicted molar refractivity (Wildman–Crippen MR) is 89.4 cm³/mol. The molecule has 130 valence electrons. The summed E-state index contributed by atoms with van der Waals surface area (Å²) in [6, 6.07) is 6.71. The molecule has 1 saturated heterocycles. The summed E-state index contributed by atoms with van der Waals surface area (Å²) in [7, 11) is 1.32. The van der Waals surface area contributed by atoms with Crippen LogP contribution in [0.5, 0.6) is 0 Å². The van der Waals surface area contributed by atoms with Crippen LogP contribution in [-0.4, -0.2) is 48.9 Å². The SMILES string of the molecule is COC(=O)c1ccc(NC(=O)CN2C[C@@H](C(N)=O)CC[C@H]2C)cc1. The lowest BCUT2D eigenvalue weighted by atomic mass is 9.93. The van der Waals surface area contributed by atoms with E-state index in [0.717, 1.165) is 12.8 Å². The van der Waals surface area contributed by atoms with Crippen molar-refractivity contribution in [3.05, 3.63) is 29.8 Å². The van der Waals surface area contributed by atoms with Crippen molar-refractivity contribution in [2.24, 2.45) is 11.7 Å². The fourth-order valence-electron chi connectivity index (χ4n) is 2.82. The maximum Gasteiger partial charge on any atom is 0.337 e. The number of rotatable bonds is 5. The number of carbonyl (C=O) groups is 3. The van der Waals surface area contributed by atoms with Crippen molar-refractivity contribution >= 4 is 23.5 Å². The molecule has 0 saturated carbocycles.